The van der Waals surface area contributed by atoms with Crippen LogP contribution in [0.4, 0.5) is 5.69 Å². The van der Waals surface area contributed by atoms with Crippen LogP contribution in [-0.4, -0.2) is 34.7 Å². The fourth-order valence-electron chi connectivity index (χ4n) is 1.56. The second-order valence-corrected chi connectivity index (χ2v) is 7.76. The molecule has 1 aromatic carbocycles. The molecular formula is C14H17N3O2S3. The molecule has 2 rings (SSSR count). The zero-order chi connectivity index (χ0) is 15.8. The van der Waals surface area contributed by atoms with Crippen LogP contribution in [0.1, 0.15) is 13.3 Å². The summed E-state index contributed by atoms with van der Waals surface area (Å²) in [5.41, 5.74) is 0.673. The van der Waals surface area contributed by atoms with Crippen LogP contribution in [0.25, 0.3) is 0 Å². The Morgan fingerprint density at radius 2 is 2.00 bits per heavy atom. The maximum absolute atomic E-state index is 12.0. The predicted molar refractivity (Wildman–Crippen MR) is 93.3 cm³/mol. The van der Waals surface area contributed by atoms with Crippen molar-refractivity contribution >= 4 is 46.5 Å². The normalized spacial score (nSPS) is 10.5. The highest BCUT2D eigenvalue weighted by Crippen LogP contribution is 2.29. The maximum atomic E-state index is 12.0. The van der Waals surface area contributed by atoms with Gasteiger partial charge in [-0.05, 0) is 18.6 Å². The summed E-state index contributed by atoms with van der Waals surface area (Å²) in [4.78, 5) is 12.0. The Labute approximate surface area is 142 Å². The zero-order valence-electron chi connectivity index (χ0n) is 12.4. The molecule has 1 aromatic heterocycles. The number of ether oxygens (including phenoxy) is 1. The molecule has 22 heavy (non-hydrogen) atoms. The highest BCUT2D eigenvalue weighted by atomic mass is 32.2. The Bertz CT molecular complexity index is 619. The average molecular weight is 356 g/mol. The maximum Gasteiger partial charge on any atom is 0.234 e. The molecule has 5 nitrogen and oxygen atoms in total. The third-order valence-electron chi connectivity index (χ3n) is 2.53. The molecule has 0 radical (unpaired) electrons. The van der Waals surface area contributed by atoms with Gasteiger partial charge in [0.2, 0.25) is 5.91 Å². The van der Waals surface area contributed by atoms with Gasteiger partial charge >= 0.3 is 0 Å². The summed E-state index contributed by atoms with van der Waals surface area (Å²) in [6.07, 6.45) is 1.11. The molecule has 0 saturated heterocycles. The fourth-order valence-corrected chi connectivity index (χ4v) is 4.31. The molecule has 0 bridgehead atoms. The van der Waals surface area contributed by atoms with Gasteiger partial charge < -0.3 is 10.1 Å². The lowest BCUT2D eigenvalue weighted by molar-refractivity contribution is -0.113. The van der Waals surface area contributed by atoms with E-state index in [1.54, 1.807) is 18.9 Å². The molecule has 1 amide bonds. The minimum absolute atomic E-state index is 0.0903. The van der Waals surface area contributed by atoms with Gasteiger partial charge in [0.15, 0.2) is 8.68 Å². The van der Waals surface area contributed by atoms with Gasteiger partial charge in [-0.2, -0.15) is 0 Å². The molecule has 0 aliphatic carbocycles. The summed E-state index contributed by atoms with van der Waals surface area (Å²) in [7, 11) is 1.58. The van der Waals surface area contributed by atoms with Crippen molar-refractivity contribution < 1.29 is 9.53 Å². The van der Waals surface area contributed by atoms with E-state index in [-0.39, 0.29) is 5.91 Å². The molecule has 0 aliphatic rings. The molecule has 0 aliphatic heterocycles. The van der Waals surface area contributed by atoms with Gasteiger partial charge in [0.05, 0.1) is 18.6 Å². The SMILES string of the molecule is CCCSc1nnc(SCC(=O)Nc2ccccc2OC)s1. The number of para-hydroxylation sites is 2. The van der Waals surface area contributed by atoms with Gasteiger partial charge in [-0.15, -0.1) is 10.2 Å². The molecule has 0 spiro atoms. The molecule has 0 saturated carbocycles. The van der Waals surface area contributed by atoms with Crippen LogP contribution in [0.15, 0.2) is 32.9 Å². The zero-order valence-corrected chi connectivity index (χ0v) is 14.8. The molecular weight excluding hydrogens is 338 g/mol. The second-order valence-electron chi connectivity index (χ2n) is 4.22. The van der Waals surface area contributed by atoms with Gasteiger partial charge in [-0.3, -0.25) is 4.79 Å². The molecule has 1 heterocycles. The van der Waals surface area contributed by atoms with E-state index in [1.807, 2.05) is 24.3 Å². The third kappa shape index (κ3) is 5.19. The van der Waals surface area contributed by atoms with Crippen LogP contribution in [0.2, 0.25) is 0 Å². The molecule has 0 atom stereocenters. The van der Waals surface area contributed by atoms with Gasteiger partial charge in [0, 0.05) is 5.75 Å². The monoisotopic (exact) mass is 355 g/mol. The molecule has 118 valence electrons. The smallest absolute Gasteiger partial charge is 0.234 e. The van der Waals surface area contributed by atoms with Crippen molar-refractivity contribution in [1.82, 2.24) is 10.2 Å². The van der Waals surface area contributed by atoms with Crippen molar-refractivity contribution in [2.75, 3.05) is 23.9 Å². The number of nitrogens with one attached hydrogen (secondary N) is 1. The number of carbonyl (C=O) groups excluding carboxylic acids is 1. The van der Waals surface area contributed by atoms with Gasteiger partial charge in [0.25, 0.3) is 0 Å². The number of amides is 1. The minimum atomic E-state index is -0.0903. The number of rotatable bonds is 8. The van der Waals surface area contributed by atoms with E-state index in [9.17, 15) is 4.79 Å². The highest BCUT2D eigenvalue weighted by Gasteiger charge is 2.10. The number of benzene rings is 1. The summed E-state index contributed by atoms with van der Waals surface area (Å²) in [6, 6.07) is 7.34. The van der Waals surface area contributed by atoms with Crippen LogP contribution >= 0.6 is 34.9 Å². The molecule has 2 aromatic rings. The van der Waals surface area contributed by atoms with Crippen LogP contribution in [-0.2, 0) is 4.79 Å². The number of thioether (sulfide) groups is 2. The number of anilines is 1. The van der Waals surface area contributed by atoms with Crippen molar-refractivity contribution in [3.8, 4) is 5.75 Å². The Hall–Kier alpha value is -1.25. The largest absolute Gasteiger partial charge is 0.495 e. The Morgan fingerprint density at radius 3 is 2.73 bits per heavy atom. The molecule has 0 unspecified atom stereocenters. The first-order valence-corrected chi connectivity index (χ1v) is 9.53. The minimum Gasteiger partial charge on any atom is -0.495 e. The van der Waals surface area contributed by atoms with E-state index in [0.29, 0.717) is 17.2 Å². The van der Waals surface area contributed by atoms with Crippen molar-refractivity contribution in [2.24, 2.45) is 0 Å². The highest BCUT2D eigenvalue weighted by molar-refractivity contribution is 8.03. The van der Waals surface area contributed by atoms with Crippen molar-refractivity contribution in [2.45, 2.75) is 22.0 Å². The first-order valence-electron chi connectivity index (χ1n) is 6.75. The Balaban J connectivity index is 1.83. The van der Waals surface area contributed by atoms with Crippen LogP contribution < -0.4 is 10.1 Å². The van der Waals surface area contributed by atoms with E-state index < -0.39 is 0 Å². The lowest BCUT2D eigenvalue weighted by Gasteiger charge is -2.08. The van der Waals surface area contributed by atoms with E-state index in [4.69, 9.17) is 4.74 Å². The lowest BCUT2D eigenvalue weighted by atomic mass is 10.3. The number of nitrogens with zero attached hydrogens (tertiary/aromatic N) is 2. The topological polar surface area (TPSA) is 64.1 Å². The quantitative estimate of drug-likeness (QED) is 0.727. The van der Waals surface area contributed by atoms with Gasteiger partial charge in [0.1, 0.15) is 5.75 Å². The molecule has 0 fully saturated rings. The van der Waals surface area contributed by atoms with Gasteiger partial charge in [-0.25, -0.2) is 0 Å². The van der Waals surface area contributed by atoms with E-state index in [1.165, 1.54) is 23.1 Å². The van der Waals surface area contributed by atoms with Crippen LogP contribution in [0.5, 0.6) is 5.75 Å². The van der Waals surface area contributed by atoms with Crippen LogP contribution in [0, 0.1) is 0 Å². The van der Waals surface area contributed by atoms with E-state index in [2.05, 4.69) is 22.4 Å². The summed E-state index contributed by atoms with van der Waals surface area (Å²) >= 11 is 4.62. The number of aromatic nitrogens is 2. The average Bonchev–Trinajstić information content (AvgIpc) is 2.99. The number of carbonyl (C=O) groups is 1. The second kappa shape index (κ2) is 9.02. The van der Waals surface area contributed by atoms with Crippen molar-refractivity contribution in [3.05, 3.63) is 24.3 Å². The summed E-state index contributed by atoms with van der Waals surface area (Å²) in [6.45, 7) is 2.13. The van der Waals surface area contributed by atoms with E-state index >= 15 is 0 Å². The predicted octanol–water partition coefficient (Wildman–Crippen LogP) is 3.78. The number of methoxy groups -OCH3 is 1. The number of hydrogen-bond acceptors (Lipinski definition) is 7. The third-order valence-corrected chi connectivity index (χ3v) is 5.92. The Kier molecular flexibility index (Phi) is 7.01. The Morgan fingerprint density at radius 1 is 1.27 bits per heavy atom. The van der Waals surface area contributed by atoms with Gasteiger partial charge in [-0.1, -0.05) is 53.9 Å². The molecule has 8 heteroatoms. The van der Waals surface area contributed by atoms with Crippen molar-refractivity contribution in [1.29, 1.82) is 0 Å². The van der Waals surface area contributed by atoms with Crippen molar-refractivity contribution in [3.63, 3.8) is 0 Å². The summed E-state index contributed by atoms with van der Waals surface area (Å²) in [5.74, 6) is 1.89. The lowest BCUT2D eigenvalue weighted by Crippen LogP contribution is -2.14. The number of hydrogen-bond donors (Lipinski definition) is 1. The fraction of sp³-hybridized carbons (Fsp3) is 0.357. The summed E-state index contributed by atoms with van der Waals surface area (Å²) < 4.78 is 6.97. The van der Waals surface area contributed by atoms with Crippen LogP contribution in [0.3, 0.4) is 0 Å². The van der Waals surface area contributed by atoms with E-state index in [0.717, 1.165) is 20.9 Å². The first-order chi connectivity index (χ1) is 10.7. The summed E-state index contributed by atoms with van der Waals surface area (Å²) in [5, 5.41) is 11.0. The first kappa shape index (κ1) is 17.1. The molecule has 1 N–H and O–H groups in total. The standard InChI is InChI=1S/C14H17N3O2S3/c1-3-8-20-13-16-17-14(22-13)21-9-12(18)15-10-6-4-5-7-11(10)19-2/h4-7H,3,8-9H2,1-2H3,(H,15,18).